The molecule has 4 aromatic heterocycles. The van der Waals surface area contributed by atoms with E-state index in [2.05, 4.69) is 9.55 Å². The molecule has 0 aliphatic heterocycles. The Labute approximate surface area is 190 Å². The highest BCUT2D eigenvalue weighted by molar-refractivity contribution is 5.76. The maximum Gasteiger partial charge on any atom is 0.332 e. The molecular weight excluding hydrogens is 418 g/mol. The van der Waals surface area contributed by atoms with Crippen molar-refractivity contribution in [3.05, 3.63) is 86.3 Å². The van der Waals surface area contributed by atoms with Crippen molar-refractivity contribution >= 4 is 16.9 Å². The summed E-state index contributed by atoms with van der Waals surface area (Å²) in [7, 11) is 1.67. The van der Waals surface area contributed by atoms with Gasteiger partial charge in [0.15, 0.2) is 11.2 Å². The Kier molecular flexibility index (Phi) is 5.03. The fourth-order valence-corrected chi connectivity index (χ4v) is 4.43. The van der Waals surface area contributed by atoms with Gasteiger partial charge in [0, 0.05) is 43.9 Å². The van der Waals surface area contributed by atoms with E-state index in [0.29, 0.717) is 16.9 Å². The molecule has 0 aliphatic carbocycles. The molecule has 170 valence electrons. The first-order valence-electron chi connectivity index (χ1n) is 11.1. The van der Waals surface area contributed by atoms with Gasteiger partial charge in [0.1, 0.15) is 0 Å². The average molecular weight is 446 g/mol. The summed E-state index contributed by atoms with van der Waals surface area (Å²) in [5.74, 6) is 0.686. The Morgan fingerprint density at radius 3 is 2.39 bits per heavy atom. The Morgan fingerprint density at radius 2 is 1.70 bits per heavy atom. The second kappa shape index (κ2) is 7.91. The van der Waals surface area contributed by atoms with Gasteiger partial charge in [-0.05, 0) is 32.8 Å². The van der Waals surface area contributed by atoms with E-state index < -0.39 is 0 Å². The van der Waals surface area contributed by atoms with Gasteiger partial charge in [-0.15, -0.1) is 0 Å². The SMILES string of the molecule is Cc1ccc(Cn2c(=O)c3c(nc4n(CCCn5ccnc5)c(C)c(C)n34)n(C)c2=O)cc1. The molecule has 0 atom stereocenters. The second-order valence-corrected chi connectivity index (χ2v) is 8.61. The maximum atomic E-state index is 13.6. The first-order chi connectivity index (χ1) is 15.9. The van der Waals surface area contributed by atoms with Crippen LogP contribution in [0.4, 0.5) is 0 Å². The molecule has 0 aliphatic rings. The van der Waals surface area contributed by atoms with Gasteiger partial charge in [0.25, 0.3) is 5.56 Å². The summed E-state index contributed by atoms with van der Waals surface area (Å²) in [4.78, 5) is 35.5. The number of benzene rings is 1. The normalized spacial score (nSPS) is 11.8. The van der Waals surface area contributed by atoms with Crippen molar-refractivity contribution in [2.75, 3.05) is 0 Å². The van der Waals surface area contributed by atoms with Crippen molar-refractivity contribution in [1.29, 1.82) is 0 Å². The molecule has 0 spiro atoms. The quantitative estimate of drug-likeness (QED) is 0.402. The van der Waals surface area contributed by atoms with E-state index in [1.807, 2.05) is 60.2 Å². The van der Waals surface area contributed by atoms with Gasteiger partial charge < -0.3 is 9.13 Å². The first-order valence-corrected chi connectivity index (χ1v) is 11.1. The van der Waals surface area contributed by atoms with Crippen LogP contribution >= 0.6 is 0 Å². The molecular formula is C24H27N7O2. The Hall–Kier alpha value is -3.88. The lowest BCUT2D eigenvalue weighted by molar-refractivity contribution is 0.563. The molecule has 0 N–H and O–H groups in total. The van der Waals surface area contributed by atoms with Crippen LogP contribution in [0.15, 0.2) is 52.6 Å². The number of imidazole rings is 3. The van der Waals surface area contributed by atoms with Crippen LogP contribution < -0.4 is 11.2 Å². The van der Waals surface area contributed by atoms with E-state index in [-0.39, 0.29) is 17.8 Å². The van der Waals surface area contributed by atoms with Crippen LogP contribution in [0, 0.1) is 20.8 Å². The third-order valence-electron chi connectivity index (χ3n) is 6.45. The number of nitrogens with zero attached hydrogens (tertiary/aromatic N) is 7. The molecule has 4 heterocycles. The van der Waals surface area contributed by atoms with Gasteiger partial charge in [-0.2, -0.15) is 4.98 Å². The summed E-state index contributed by atoms with van der Waals surface area (Å²) in [6.45, 7) is 7.85. The molecule has 0 saturated carbocycles. The highest BCUT2D eigenvalue weighted by atomic mass is 16.2. The second-order valence-electron chi connectivity index (χ2n) is 8.61. The fraction of sp³-hybridized carbons (Fsp3) is 0.333. The minimum atomic E-state index is -0.366. The molecule has 0 amide bonds. The van der Waals surface area contributed by atoms with Gasteiger partial charge in [-0.25, -0.2) is 9.78 Å². The van der Waals surface area contributed by atoms with Gasteiger partial charge >= 0.3 is 5.69 Å². The van der Waals surface area contributed by atoms with Gasteiger partial charge in [-0.1, -0.05) is 29.8 Å². The van der Waals surface area contributed by atoms with E-state index in [9.17, 15) is 9.59 Å². The third-order valence-corrected chi connectivity index (χ3v) is 6.45. The zero-order valence-electron chi connectivity index (χ0n) is 19.3. The molecule has 5 aromatic rings. The lowest BCUT2D eigenvalue weighted by Gasteiger charge is -2.09. The minimum Gasteiger partial charge on any atom is -0.337 e. The smallest absolute Gasteiger partial charge is 0.332 e. The number of aromatic nitrogens is 7. The highest BCUT2D eigenvalue weighted by Crippen LogP contribution is 2.21. The molecule has 9 nitrogen and oxygen atoms in total. The predicted octanol–water partition coefficient (Wildman–Crippen LogP) is 2.41. The lowest BCUT2D eigenvalue weighted by atomic mass is 10.1. The molecule has 5 rings (SSSR count). The lowest BCUT2D eigenvalue weighted by Crippen LogP contribution is -2.39. The molecule has 0 saturated heterocycles. The number of fused-ring (bicyclic) bond motifs is 3. The highest BCUT2D eigenvalue weighted by Gasteiger charge is 2.22. The van der Waals surface area contributed by atoms with Crippen LogP contribution in [0.1, 0.15) is 28.9 Å². The number of hydrogen-bond donors (Lipinski definition) is 0. The Bertz CT molecular complexity index is 1580. The van der Waals surface area contributed by atoms with E-state index in [1.165, 1.54) is 9.13 Å². The Morgan fingerprint density at radius 1 is 0.939 bits per heavy atom. The molecule has 33 heavy (non-hydrogen) atoms. The summed E-state index contributed by atoms with van der Waals surface area (Å²) >= 11 is 0. The van der Waals surface area contributed by atoms with Crippen LogP contribution in [-0.4, -0.2) is 32.6 Å². The molecule has 9 heteroatoms. The molecule has 0 bridgehead atoms. The van der Waals surface area contributed by atoms with Crippen molar-refractivity contribution < 1.29 is 0 Å². The summed E-state index contributed by atoms with van der Waals surface area (Å²) < 4.78 is 8.84. The first kappa shape index (κ1) is 21.0. The molecule has 1 aromatic carbocycles. The van der Waals surface area contributed by atoms with Crippen molar-refractivity contribution in [3.63, 3.8) is 0 Å². The maximum absolute atomic E-state index is 13.6. The van der Waals surface area contributed by atoms with Crippen molar-refractivity contribution in [2.45, 2.75) is 46.8 Å². The Balaban J connectivity index is 1.63. The van der Waals surface area contributed by atoms with E-state index in [0.717, 1.165) is 42.0 Å². The van der Waals surface area contributed by atoms with Gasteiger partial charge in [-0.3, -0.25) is 18.3 Å². The van der Waals surface area contributed by atoms with E-state index in [1.54, 1.807) is 19.6 Å². The summed E-state index contributed by atoms with van der Waals surface area (Å²) in [6, 6.07) is 7.86. The van der Waals surface area contributed by atoms with Crippen LogP contribution in [0.2, 0.25) is 0 Å². The summed E-state index contributed by atoms with van der Waals surface area (Å²) in [6.07, 6.45) is 6.41. The van der Waals surface area contributed by atoms with Crippen molar-refractivity contribution in [2.24, 2.45) is 7.05 Å². The van der Waals surface area contributed by atoms with Gasteiger partial charge in [0.2, 0.25) is 5.78 Å². The monoisotopic (exact) mass is 445 g/mol. The van der Waals surface area contributed by atoms with Crippen molar-refractivity contribution in [3.8, 4) is 0 Å². The number of aryl methyl sites for hydroxylation is 5. The third kappa shape index (κ3) is 3.40. The molecule has 0 unspecified atom stereocenters. The molecule has 0 fully saturated rings. The predicted molar refractivity (Wildman–Crippen MR) is 127 cm³/mol. The van der Waals surface area contributed by atoms with Crippen LogP contribution in [-0.2, 0) is 26.7 Å². The van der Waals surface area contributed by atoms with Gasteiger partial charge in [0.05, 0.1) is 12.9 Å². The van der Waals surface area contributed by atoms with Crippen LogP contribution in [0.5, 0.6) is 0 Å². The summed E-state index contributed by atoms with van der Waals surface area (Å²) in [5, 5.41) is 0. The minimum absolute atomic E-state index is 0.221. The topological polar surface area (TPSA) is 84.0 Å². The number of rotatable bonds is 6. The standard InChI is InChI=1S/C24H27N7O2/c1-16-6-8-19(9-7-16)14-30-22(32)20-21(27(4)24(30)33)26-23-29(17(2)18(3)31(20)23)12-5-11-28-13-10-25-15-28/h6-10,13,15H,5,11-12,14H2,1-4H3. The molecule has 0 radical (unpaired) electrons. The van der Waals surface area contributed by atoms with E-state index >= 15 is 0 Å². The number of hydrogen-bond acceptors (Lipinski definition) is 4. The zero-order valence-corrected chi connectivity index (χ0v) is 19.3. The van der Waals surface area contributed by atoms with E-state index in [4.69, 9.17) is 4.98 Å². The fourth-order valence-electron chi connectivity index (χ4n) is 4.43. The van der Waals surface area contributed by atoms with Crippen LogP contribution in [0.3, 0.4) is 0 Å². The summed E-state index contributed by atoms with van der Waals surface area (Å²) in [5.41, 5.74) is 4.21. The average Bonchev–Trinajstić information content (AvgIpc) is 3.51. The van der Waals surface area contributed by atoms with Crippen LogP contribution in [0.25, 0.3) is 16.9 Å². The zero-order chi connectivity index (χ0) is 23.3. The largest absolute Gasteiger partial charge is 0.337 e. The van der Waals surface area contributed by atoms with Crippen molar-refractivity contribution in [1.82, 2.24) is 32.6 Å².